The van der Waals surface area contributed by atoms with Crippen molar-refractivity contribution in [3.63, 3.8) is 0 Å². The number of carboxylic acids is 1. The van der Waals surface area contributed by atoms with Gasteiger partial charge in [-0.25, -0.2) is 9.78 Å². The molecule has 2 rings (SSSR count). The molecule has 0 unspecified atom stereocenters. The number of hydrogen-bond acceptors (Lipinski definition) is 5. The number of likely N-dealkylation sites (N-methyl/N-ethyl adjacent to an activating group) is 1. The van der Waals surface area contributed by atoms with Crippen LogP contribution in [0.2, 0.25) is 0 Å². The highest BCUT2D eigenvalue weighted by atomic mass is 32.1. The molecule has 1 aromatic heterocycles. The second-order valence-electron chi connectivity index (χ2n) is 4.87. The van der Waals surface area contributed by atoms with Crippen molar-refractivity contribution >= 4 is 22.4 Å². The summed E-state index contributed by atoms with van der Waals surface area (Å²) in [6.45, 7) is 4.18. The second kappa shape index (κ2) is 6.34. The largest absolute Gasteiger partial charge is 0.477 e. The van der Waals surface area contributed by atoms with Gasteiger partial charge in [-0.2, -0.15) is 0 Å². The Hall–Kier alpha value is -1.14. The molecule has 0 aliphatic heterocycles. The number of hydrogen-bond donors (Lipinski definition) is 1. The molecular formula is C13H20N2O3S. The first-order valence-electron chi connectivity index (χ1n) is 6.63. The first-order valence-corrected chi connectivity index (χ1v) is 7.45. The van der Waals surface area contributed by atoms with Crippen molar-refractivity contribution in [1.82, 2.24) is 4.98 Å². The fraction of sp³-hybridized carbons (Fsp3) is 0.692. The van der Waals surface area contributed by atoms with E-state index in [2.05, 4.69) is 4.98 Å². The van der Waals surface area contributed by atoms with E-state index in [0.717, 1.165) is 24.2 Å². The van der Waals surface area contributed by atoms with Gasteiger partial charge in [0, 0.05) is 20.2 Å². The van der Waals surface area contributed by atoms with Gasteiger partial charge in [-0.05, 0) is 25.2 Å². The van der Waals surface area contributed by atoms with Gasteiger partial charge >= 0.3 is 5.97 Å². The van der Waals surface area contributed by atoms with Gasteiger partial charge in [-0.3, -0.25) is 0 Å². The van der Waals surface area contributed by atoms with Crippen molar-refractivity contribution in [3.05, 3.63) is 10.6 Å². The van der Waals surface area contributed by atoms with Crippen LogP contribution in [0.5, 0.6) is 0 Å². The summed E-state index contributed by atoms with van der Waals surface area (Å²) in [6.07, 6.45) is 3.23. The zero-order valence-electron chi connectivity index (χ0n) is 11.4. The molecule has 1 aliphatic carbocycles. The molecule has 106 valence electrons. The van der Waals surface area contributed by atoms with E-state index in [0.29, 0.717) is 23.6 Å². The summed E-state index contributed by atoms with van der Waals surface area (Å²) in [5, 5.41) is 9.86. The van der Waals surface area contributed by atoms with E-state index in [1.54, 1.807) is 0 Å². The van der Waals surface area contributed by atoms with E-state index in [1.807, 2.05) is 18.9 Å². The lowest BCUT2D eigenvalue weighted by atomic mass is 10.3. The second-order valence-corrected chi connectivity index (χ2v) is 5.85. The van der Waals surface area contributed by atoms with E-state index < -0.39 is 5.97 Å². The molecule has 0 atom stereocenters. The summed E-state index contributed by atoms with van der Waals surface area (Å²) >= 11 is 1.24. The van der Waals surface area contributed by atoms with Crippen LogP contribution in [0.1, 0.15) is 35.1 Å². The number of carboxylic acid groups (broad SMARTS) is 1. The van der Waals surface area contributed by atoms with E-state index in [4.69, 9.17) is 9.84 Å². The normalized spacial score (nSPS) is 14.6. The number of ether oxygens (including phenoxy) is 1. The lowest BCUT2D eigenvalue weighted by Gasteiger charge is -2.15. The SMILES string of the molecule is CCc1nc(N(C)CCOCC2CC2)sc1C(=O)O. The molecular weight excluding hydrogens is 264 g/mol. The van der Waals surface area contributed by atoms with Gasteiger partial charge in [0.15, 0.2) is 5.13 Å². The molecule has 5 nitrogen and oxygen atoms in total. The summed E-state index contributed by atoms with van der Waals surface area (Å²) in [5.41, 5.74) is 0.665. The molecule has 1 aliphatic rings. The summed E-state index contributed by atoms with van der Waals surface area (Å²) < 4.78 is 5.58. The van der Waals surface area contributed by atoms with Crippen molar-refractivity contribution in [3.8, 4) is 0 Å². The van der Waals surface area contributed by atoms with Crippen LogP contribution in [0.3, 0.4) is 0 Å². The summed E-state index contributed by atoms with van der Waals surface area (Å²) in [5.74, 6) is -0.116. The Kier molecular flexibility index (Phi) is 4.76. The number of aromatic carboxylic acids is 1. The van der Waals surface area contributed by atoms with Crippen LogP contribution >= 0.6 is 11.3 Å². The van der Waals surface area contributed by atoms with Gasteiger partial charge in [-0.15, -0.1) is 0 Å². The molecule has 0 amide bonds. The molecule has 1 fully saturated rings. The van der Waals surface area contributed by atoms with Gasteiger partial charge in [0.2, 0.25) is 0 Å². The van der Waals surface area contributed by atoms with E-state index in [1.165, 1.54) is 24.2 Å². The van der Waals surface area contributed by atoms with Gasteiger partial charge in [0.05, 0.1) is 12.3 Å². The van der Waals surface area contributed by atoms with E-state index in [-0.39, 0.29) is 0 Å². The quantitative estimate of drug-likeness (QED) is 0.742. The van der Waals surface area contributed by atoms with Crippen molar-refractivity contribution in [2.24, 2.45) is 5.92 Å². The van der Waals surface area contributed by atoms with Crippen LogP contribution in [0.15, 0.2) is 0 Å². The van der Waals surface area contributed by atoms with Crippen molar-refractivity contribution in [1.29, 1.82) is 0 Å². The van der Waals surface area contributed by atoms with E-state index in [9.17, 15) is 4.79 Å². The van der Waals surface area contributed by atoms with Crippen LogP contribution in [0.25, 0.3) is 0 Å². The highest BCUT2D eigenvalue weighted by Gasteiger charge is 2.21. The molecule has 1 saturated carbocycles. The predicted octanol–water partition coefficient (Wildman–Crippen LogP) is 2.27. The highest BCUT2D eigenvalue weighted by Crippen LogP contribution is 2.29. The van der Waals surface area contributed by atoms with Gasteiger partial charge in [0.1, 0.15) is 4.88 Å². The smallest absolute Gasteiger partial charge is 0.347 e. The van der Waals surface area contributed by atoms with Crippen LogP contribution in [-0.2, 0) is 11.2 Å². The molecule has 1 N–H and O–H groups in total. The first-order chi connectivity index (χ1) is 9.11. The number of aryl methyl sites for hydroxylation is 1. The van der Waals surface area contributed by atoms with Crippen LogP contribution in [0.4, 0.5) is 5.13 Å². The fourth-order valence-corrected chi connectivity index (χ4v) is 2.72. The number of rotatable bonds is 8. The van der Waals surface area contributed by atoms with Gasteiger partial charge in [0.25, 0.3) is 0 Å². The number of thiazole rings is 1. The van der Waals surface area contributed by atoms with Crippen molar-refractivity contribution < 1.29 is 14.6 Å². The maximum absolute atomic E-state index is 11.1. The molecule has 0 bridgehead atoms. The van der Waals surface area contributed by atoms with E-state index >= 15 is 0 Å². The zero-order chi connectivity index (χ0) is 13.8. The Labute approximate surface area is 117 Å². The third-order valence-corrected chi connectivity index (χ3v) is 4.36. The zero-order valence-corrected chi connectivity index (χ0v) is 12.2. The maximum atomic E-state index is 11.1. The number of anilines is 1. The van der Waals surface area contributed by atoms with Crippen LogP contribution in [-0.4, -0.2) is 42.9 Å². The Bertz CT molecular complexity index is 443. The Morgan fingerprint density at radius 1 is 1.58 bits per heavy atom. The Morgan fingerprint density at radius 2 is 2.32 bits per heavy atom. The summed E-state index contributed by atoms with van der Waals surface area (Å²) in [4.78, 5) is 17.8. The van der Waals surface area contributed by atoms with Gasteiger partial charge in [-0.1, -0.05) is 18.3 Å². The maximum Gasteiger partial charge on any atom is 0.347 e. The molecule has 0 radical (unpaired) electrons. The van der Waals surface area contributed by atoms with Crippen LogP contribution in [0, 0.1) is 5.92 Å². The number of carbonyl (C=O) groups is 1. The first kappa shape index (κ1) is 14.3. The average molecular weight is 284 g/mol. The Balaban J connectivity index is 1.86. The lowest BCUT2D eigenvalue weighted by Crippen LogP contribution is -2.22. The average Bonchev–Trinajstić information content (AvgIpc) is 3.10. The topological polar surface area (TPSA) is 62.7 Å². The molecule has 6 heteroatoms. The summed E-state index contributed by atoms with van der Waals surface area (Å²) in [7, 11) is 1.92. The van der Waals surface area contributed by atoms with Gasteiger partial charge < -0.3 is 14.7 Å². The predicted molar refractivity (Wildman–Crippen MR) is 75.3 cm³/mol. The third kappa shape index (κ3) is 3.91. The number of aromatic nitrogens is 1. The monoisotopic (exact) mass is 284 g/mol. The molecule has 0 aromatic carbocycles. The molecule has 0 spiro atoms. The molecule has 1 heterocycles. The standard InChI is InChI=1S/C13H20N2O3S/c1-3-10-11(12(16)17)19-13(14-10)15(2)6-7-18-8-9-4-5-9/h9H,3-8H2,1-2H3,(H,16,17). The minimum Gasteiger partial charge on any atom is -0.477 e. The van der Waals surface area contributed by atoms with Crippen molar-refractivity contribution in [2.45, 2.75) is 26.2 Å². The third-order valence-electron chi connectivity index (χ3n) is 3.16. The lowest BCUT2D eigenvalue weighted by molar-refractivity contribution is 0.0701. The Morgan fingerprint density at radius 3 is 2.84 bits per heavy atom. The highest BCUT2D eigenvalue weighted by molar-refractivity contribution is 7.17. The molecule has 0 saturated heterocycles. The fourth-order valence-electron chi connectivity index (χ4n) is 1.74. The number of nitrogens with zero attached hydrogens (tertiary/aromatic N) is 2. The minimum absolute atomic E-state index is 0.350. The molecule has 1 aromatic rings. The van der Waals surface area contributed by atoms with Crippen LogP contribution < -0.4 is 4.90 Å². The molecule has 19 heavy (non-hydrogen) atoms. The minimum atomic E-state index is -0.890. The van der Waals surface area contributed by atoms with Crippen molar-refractivity contribution in [2.75, 3.05) is 31.7 Å². The summed E-state index contributed by atoms with van der Waals surface area (Å²) in [6, 6.07) is 0.